The fourth-order valence-corrected chi connectivity index (χ4v) is 4.46. The van der Waals surface area contributed by atoms with Crippen molar-refractivity contribution in [2.45, 2.75) is 56.7 Å². The first-order chi connectivity index (χ1) is 25.0. The Morgan fingerprint density at radius 1 is 0.604 bits per heavy atom. The van der Waals surface area contributed by atoms with Gasteiger partial charge in [0.25, 0.3) is 5.91 Å². The van der Waals surface area contributed by atoms with Crippen molar-refractivity contribution in [1.29, 1.82) is 0 Å². The molecule has 0 aliphatic carbocycles. The number of hydrazine groups is 1. The normalized spacial score (nSPS) is 12.0. The number of hydrogen-bond donors (Lipinski definition) is 15. The summed E-state index contributed by atoms with van der Waals surface area (Å²) in [6.45, 7) is -0.654. The first kappa shape index (κ1) is 44.4. The molecule has 0 spiro atoms. The molecular weight excluding hydrogens is 696 g/mol. The number of nitrogens with zero attached hydrogens (tertiary/aromatic N) is 3. The molecule has 0 aliphatic rings. The number of benzene rings is 1. The highest BCUT2D eigenvalue weighted by atomic mass is 16.2. The SMILES string of the molecule is NNc1ccc(C(=O)NCC(=O)NCC(=O)NC(CCCN=C(N)N)C(=O)N[C@@H](CCCN=C(N)N)C(=O)N[C@@H](CCCN=C(N)N)C(N)=O)cc1N. The molecule has 0 saturated carbocycles. The van der Waals surface area contributed by atoms with Gasteiger partial charge in [0.2, 0.25) is 29.5 Å². The second kappa shape index (κ2) is 23.7. The minimum atomic E-state index is -1.23. The van der Waals surface area contributed by atoms with E-state index in [1.807, 2.05) is 0 Å². The molecule has 0 bridgehead atoms. The van der Waals surface area contributed by atoms with Crippen molar-refractivity contribution in [3.8, 4) is 0 Å². The number of primary amides is 1. The molecule has 24 heteroatoms. The van der Waals surface area contributed by atoms with Gasteiger partial charge >= 0.3 is 0 Å². The number of amides is 6. The molecular formula is C29H52N18O6. The van der Waals surface area contributed by atoms with E-state index in [2.05, 4.69) is 47.0 Å². The van der Waals surface area contributed by atoms with Gasteiger partial charge in [0.1, 0.15) is 18.1 Å². The van der Waals surface area contributed by atoms with Crippen LogP contribution in [0.2, 0.25) is 0 Å². The maximum atomic E-state index is 13.5. The molecule has 6 amide bonds. The van der Waals surface area contributed by atoms with Gasteiger partial charge in [-0.3, -0.25) is 49.6 Å². The predicted octanol–water partition coefficient (Wildman–Crippen LogP) is -6.50. The number of carbonyl (C=O) groups is 6. The molecule has 24 nitrogen and oxygen atoms in total. The van der Waals surface area contributed by atoms with Crippen molar-refractivity contribution < 1.29 is 28.8 Å². The highest BCUT2D eigenvalue weighted by Crippen LogP contribution is 2.18. The van der Waals surface area contributed by atoms with E-state index < -0.39 is 66.7 Å². The van der Waals surface area contributed by atoms with Crippen LogP contribution in [0.1, 0.15) is 48.9 Å². The van der Waals surface area contributed by atoms with Gasteiger partial charge in [0.05, 0.1) is 24.5 Å². The van der Waals surface area contributed by atoms with Crippen molar-refractivity contribution in [3.05, 3.63) is 23.8 Å². The van der Waals surface area contributed by atoms with Crippen LogP contribution in [0.15, 0.2) is 33.2 Å². The summed E-state index contributed by atoms with van der Waals surface area (Å²) in [6, 6.07) is 0.704. The molecule has 1 rings (SSSR count). The van der Waals surface area contributed by atoms with Crippen LogP contribution in [0.25, 0.3) is 0 Å². The van der Waals surface area contributed by atoms with Crippen LogP contribution in [0.3, 0.4) is 0 Å². The Bertz CT molecular complexity index is 1500. The Morgan fingerprint density at radius 3 is 1.51 bits per heavy atom. The van der Waals surface area contributed by atoms with Gasteiger partial charge in [0.15, 0.2) is 17.9 Å². The molecule has 0 aromatic heterocycles. The number of carbonyl (C=O) groups excluding carboxylic acids is 6. The van der Waals surface area contributed by atoms with Gasteiger partial charge in [-0.2, -0.15) is 0 Å². The van der Waals surface area contributed by atoms with Crippen molar-refractivity contribution in [1.82, 2.24) is 26.6 Å². The number of rotatable bonds is 24. The Hall–Kier alpha value is -6.59. The van der Waals surface area contributed by atoms with Gasteiger partial charge < -0.3 is 77.9 Å². The number of nitrogens with one attached hydrogen (secondary N) is 6. The fraction of sp³-hybridized carbons (Fsp3) is 0.483. The van der Waals surface area contributed by atoms with E-state index in [1.165, 1.54) is 18.2 Å². The van der Waals surface area contributed by atoms with Crippen molar-refractivity contribution in [2.75, 3.05) is 43.9 Å². The minimum absolute atomic E-state index is 0.0109. The first-order valence-corrected chi connectivity index (χ1v) is 16.3. The molecule has 0 fully saturated rings. The number of nitrogen functional groups attached to an aromatic ring is 2. The monoisotopic (exact) mass is 748 g/mol. The fourth-order valence-electron chi connectivity index (χ4n) is 4.46. The van der Waals surface area contributed by atoms with E-state index in [0.29, 0.717) is 12.1 Å². The van der Waals surface area contributed by atoms with Gasteiger partial charge in [-0.15, -0.1) is 0 Å². The third kappa shape index (κ3) is 18.8. The molecule has 0 aliphatic heterocycles. The second-order valence-corrected chi connectivity index (χ2v) is 11.4. The summed E-state index contributed by atoms with van der Waals surface area (Å²) in [5, 5.41) is 12.4. The molecule has 1 unspecified atom stereocenters. The van der Waals surface area contributed by atoms with Crippen LogP contribution in [-0.4, -0.2) is 104 Å². The summed E-state index contributed by atoms with van der Waals surface area (Å²) in [6.07, 6.45) is 0.885. The molecule has 1 aromatic carbocycles. The summed E-state index contributed by atoms with van der Waals surface area (Å²) < 4.78 is 0. The minimum Gasteiger partial charge on any atom is -0.397 e. The van der Waals surface area contributed by atoms with Gasteiger partial charge in [0, 0.05) is 25.2 Å². The Kier molecular flexibility index (Phi) is 19.9. The Balaban J connectivity index is 2.99. The Morgan fingerprint density at radius 2 is 1.06 bits per heavy atom. The highest BCUT2D eigenvalue weighted by molar-refractivity contribution is 5.98. The van der Waals surface area contributed by atoms with E-state index in [0.717, 1.165) is 0 Å². The van der Waals surface area contributed by atoms with Crippen LogP contribution in [0, 0.1) is 0 Å². The second-order valence-electron chi connectivity index (χ2n) is 11.4. The highest BCUT2D eigenvalue weighted by Gasteiger charge is 2.29. The zero-order valence-electron chi connectivity index (χ0n) is 29.2. The average Bonchev–Trinajstić information content (AvgIpc) is 3.09. The first-order valence-electron chi connectivity index (χ1n) is 16.3. The molecule has 294 valence electrons. The van der Waals surface area contributed by atoms with Crippen molar-refractivity contribution in [3.63, 3.8) is 0 Å². The summed E-state index contributed by atoms with van der Waals surface area (Å²) in [5.74, 6) is 0.381. The largest absolute Gasteiger partial charge is 0.397 e. The number of nitrogens with two attached hydrogens (primary N) is 9. The molecule has 3 atom stereocenters. The quantitative estimate of drug-likeness (QED) is 0.0117. The summed E-state index contributed by atoms with van der Waals surface area (Å²) in [5.41, 5.74) is 46.6. The lowest BCUT2D eigenvalue weighted by molar-refractivity contribution is -0.133. The smallest absolute Gasteiger partial charge is 0.251 e. The standard InChI is InChI=1S/C29H52N18O6/c30-16-12-15(7-8-17(16)47-38)24(51)43-13-21(48)42-14-22(49)44-19(5-2-10-40-28(34)35)25(52)46-20(6-3-11-41-29(36)37)26(53)45-18(23(31)50)4-1-9-39-27(32)33/h7-8,12,18-20,47H,1-6,9-11,13-14,30,38H2,(H2,31,50)(H,42,48)(H,43,51)(H,44,49)(H,45,53)(H,46,52)(H4,32,33,39)(H4,34,35,40)(H4,36,37,41)/t18-,19?,20-/m0/s1. The molecule has 24 N–H and O–H groups in total. The average molecular weight is 749 g/mol. The van der Waals surface area contributed by atoms with Gasteiger partial charge in [-0.1, -0.05) is 0 Å². The van der Waals surface area contributed by atoms with E-state index in [4.69, 9.17) is 51.7 Å². The molecule has 53 heavy (non-hydrogen) atoms. The number of anilines is 2. The van der Waals surface area contributed by atoms with Crippen LogP contribution in [-0.2, 0) is 24.0 Å². The lowest BCUT2D eigenvalue weighted by atomic mass is 10.1. The van der Waals surface area contributed by atoms with Crippen LogP contribution < -0.4 is 83.7 Å². The van der Waals surface area contributed by atoms with E-state index in [9.17, 15) is 28.8 Å². The molecule has 0 saturated heterocycles. The summed E-state index contributed by atoms with van der Waals surface area (Å²) >= 11 is 0. The summed E-state index contributed by atoms with van der Waals surface area (Å²) in [7, 11) is 0. The van der Waals surface area contributed by atoms with Gasteiger partial charge in [-0.05, 0) is 56.7 Å². The molecule has 0 radical (unpaired) electrons. The maximum Gasteiger partial charge on any atom is 0.251 e. The lowest BCUT2D eigenvalue weighted by Gasteiger charge is -2.25. The Labute approximate surface area is 305 Å². The third-order valence-corrected chi connectivity index (χ3v) is 7.11. The van der Waals surface area contributed by atoms with Crippen molar-refractivity contribution in [2.24, 2.45) is 61.0 Å². The van der Waals surface area contributed by atoms with Gasteiger partial charge in [-0.25, -0.2) is 0 Å². The van der Waals surface area contributed by atoms with Crippen LogP contribution in [0.5, 0.6) is 0 Å². The topological polar surface area (TPSA) is 446 Å². The number of aliphatic imine (C=N–C) groups is 3. The van der Waals surface area contributed by atoms with E-state index >= 15 is 0 Å². The maximum absolute atomic E-state index is 13.5. The third-order valence-electron chi connectivity index (χ3n) is 7.11. The zero-order chi connectivity index (χ0) is 39.9. The lowest BCUT2D eigenvalue weighted by Crippen LogP contribution is -2.57. The molecule has 1 aromatic rings. The summed E-state index contributed by atoms with van der Waals surface area (Å²) in [4.78, 5) is 88.2. The van der Waals surface area contributed by atoms with Crippen LogP contribution in [0.4, 0.5) is 11.4 Å². The van der Waals surface area contributed by atoms with Crippen molar-refractivity contribution >= 4 is 64.7 Å². The number of guanidine groups is 3. The number of hydrogen-bond acceptors (Lipinski definition) is 12. The molecule has 0 heterocycles. The van der Waals surface area contributed by atoms with Crippen LogP contribution >= 0.6 is 0 Å². The zero-order valence-corrected chi connectivity index (χ0v) is 29.2. The van der Waals surface area contributed by atoms with E-state index in [1.54, 1.807) is 0 Å². The van der Waals surface area contributed by atoms with E-state index in [-0.39, 0.29) is 80.9 Å². The predicted molar refractivity (Wildman–Crippen MR) is 199 cm³/mol.